The van der Waals surface area contributed by atoms with Crippen LogP contribution in [0.15, 0.2) is 29.4 Å². The van der Waals surface area contributed by atoms with Crippen molar-refractivity contribution < 1.29 is 9.90 Å². The fourth-order valence-electron chi connectivity index (χ4n) is 1.63. The van der Waals surface area contributed by atoms with Crippen LogP contribution in [0.3, 0.4) is 0 Å². The second kappa shape index (κ2) is 3.73. The highest BCUT2D eigenvalue weighted by Crippen LogP contribution is 2.23. The van der Waals surface area contributed by atoms with Crippen LogP contribution < -0.4 is 5.01 Å². The van der Waals surface area contributed by atoms with Gasteiger partial charge in [-0.3, -0.25) is 5.01 Å². The van der Waals surface area contributed by atoms with Crippen molar-refractivity contribution in [2.45, 2.75) is 13.3 Å². The van der Waals surface area contributed by atoms with Crippen molar-refractivity contribution in [1.82, 2.24) is 0 Å². The number of anilines is 1. The van der Waals surface area contributed by atoms with Gasteiger partial charge in [0.1, 0.15) is 0 Å². The zero-order valence-corrected chi connectivity index (χ0v) is 8.47. The molecule has 0 spiro atoms. The minimum atomic E-state index is -0.912. The fraction of sp³-hybridized carbons (Fsp3) is 0.273. The first-order chi connectivity index (χ1) is 7.18. The molecule has 0 radical (unpaired) electrons. The zero-order chi connectivity index (χ0) is 10.8. The Morgan fingerprint density at radius 3 is 2.80 bits per heavy atom. The number of hydrazone groups is 1. The summed E-state index contributed by atoms with van der Waals surface area (Å²) in [5, 5.41) is 15.1. The van der Waals surface area contributed by atoms with E-state index in [-0.39, 0.29) is 0 Å². The summed E-state index contributed by atoms with van der Waals surface area (Å²) in [4.78, 5) is 11.0. The molecule has 0 saturated heterocycles. The fourth-order valence-corrected chi connectivity index (χ4v) is 1.63. The third-order valence-corrected chi connectivity index (χ3v) is 2.39. The van der Waals surface area contributed by atoms with Gasteiger partial charge in [0.15, 0.2) is 0 Å². The van der Waals surface area contributed by atoms with Gasteiger partial charge in [0.2, 0.25) is 0 Å². The van der Waals surface area contributed by atoms with E-state index in [9.17, 15) is 4.79 Å². The van der Waals surface area contributed by atoms with Gasteiger partial charge in [-0.2, -0.15) is 5.10 Å². The maximum Gasteiger partial charge on any atom is 0.337 e. The average molecular weight is 204 g/mol. The third kappa shape index (κ3) is 1.83. The molecule has 0 atom stereocenters. The number of hydrogen-bond donors (Lipinski definition) is 1. The number of rotatable bonds is 2. The number of carboxylic acid groups (broad SMARTS) is 1. The Bertz CT molecular complexity index is 426. The molecule has 0 saturated carbocycles. The lowest BCUT2D eigenvalue weighted by atomic mass is 10.1. The second-order valence-corrected chi connectivity index (χ2v) is 3.53. The molecule has 2 rings (SSSR count). The highest BCUT2D eigenvalue weighted by Gasteiger charge is 2.18. The van der Waals surface area contributed by atoms with Crippen LogP contribution in [0.4, 0.5) is 5.69 Å². The standard InChI is InChI=1S/C11H12N2O2/c1-8-6-7-13(12-8)10-5-3-2-4-9(10)11(14)15/h2-5H,6-7H2,1H3,(H,14,15). The lowest BCUT2D eigenvalue weighted by Crippen LogP contribution is -2.15. The summed E-state index contributed by atoms with van der Waals surface area (Å²) >= 11 is 0. The third-order valence-electron chi connectivity index (χ3n) is 2.39. The smallest absolute Gasteiger partial charge is 0.337 e. The van der Waals surface area contributed by atoms with Crippen molar-refractivity contribution in [2.75, 3.05) is 11.6 Å². The monoisotopic (exact) mass is 204 g/mol. The van der Waals surface area contributed by atoms with Gasteiger partial charge in [0, 0.05) is 18.7 Å². The molecule has 1 aliphatic heterocycles. The van der Waals surface area contributed by atoms with E-state index < -0.39 is 5.97 Å². The number of benzene rings is 1. The van der Waals surface area contributed by atoms with Gasteiger partial charge in [0.25, 0.3) is 0 Å². The van der Waals surface area contributed by atoms with Crippen LogP contribution in [0.2, 0.25) is 0 Å². The minimum Gasteiger partial charge on any atom is -0.478 e. The zero-order valence-electron chi connectivity index (χ0n) is 8.47. The van der Waals surface area contributed by atoms with Crippen LogP contribution in [0.1, 0.15) is 23.7 Å². The first kappa shape index (κ1) is 9.71. The van der Waals surface area contributed by atoms with E-state index in [0.29, 0.717) is 11.3 Å². The van der Waals surface area contributed by atoms with E-state index >= 15 is 0 Å². The summed E-state index contributed by atoms with van der Waals surface area (Å²) < 4.78 is 0. The van der Waals surface area contributed by atoms with Gasteiger partial charge in [-0.25, -0.2) is 4.79 Å². The van der Waals surface area contributed by atoms with Gasteiger partial charge in [-0.05, 0) is 19.1 Å². The Hall–Kier alpha value is -1.84. The van der Waals surface area contributed by atoms with Crippen molar-refractivity contribution in [3.05, 3.63) is 29.8 Å². The summed E-state index contributed by atoms with van der Waals surface area (Å²) in [5.41, 5.74) is 2.01. The van der Waals surface area contributed by atoms with E-state index in [0.717, 1.165) is 18.7 Å². The molecule has 0 unspecified atom stereocenters. The molecule has 1 aromatic rings. The first-order valence-electron chi connectivity index (χ1n) is 4.82. The van der Waals surface area contributed by atoms with Crippen LogP contribution in [0, 0.1) is 0 Å². The van der Waals surface area contributed by atoms with Crippen molar-refractivity contribution >= 4 is 17.4 Å². The predicted molar refractivity (Wildman–Crippen MR) is 58.5 cm³/mol. The lowest BCUT2D eigenvalue weighted by Gasteiger charge is -2.15. The summed E-state index contributed by atoms with van der Waals surface area (Å²) in [6.45, 7) is 2.71. The maximum atomic E-state index is 11.0. The Kier molecular flexibility index (Phi) is 2.41. The molecule has 78 valence electrons. The lowest BCUT2D eigenvalue weighted by molar-refractivity contribution is 0.0697. The number of carbonyl (C=O) groups is 1. The molecule has 0 aliphatic carbocycles. The Labute approximate surface area is 87.8 Å². The second-order valence-electron chi connectivity index (χ2n) is 3.53. The molecule has 0 fully saturated rings. The highest BCUT2D eigenvalue weighted by molar-refractivity contribution is 5.95. The number of hydrogen-bond acceptors (Lipinski definition) is 3. The summed E-state index contributed by atoms with van der Waals surface area (Å²) in [6, 6.07) is 6.93. The topological polar surface area (TPSA) is 52.9 Å². The molecule has 0 amide bonds. The molecule has 0 aromatic heterocycles. The summed E-state index contributed by atoms with van der Waals surface area (Å²) in [5.74, 6) is -0.912. The average Bonchev–Trinajstić information content (AvgIpc) is 2.65. The number of aromatic carboxylic acids is 1. The van der Waals surface area contributed by atoms with Gasteiger partial charge in [-0.15, -0.1) is 0 Å². The Morgan fingerprint density at radius 2 is 2.20 bits per heavy atom. The molecule has 4 nitrogen and oxygen atoms in total. The van der Waals surface area contributed by atoms with Gasteiger partial charge in [-0.1, -0.05) is 12.1 Å². The van der Waals surface area contributed by atoms with Crippen LogP contribution in [-0.4, -0.2) is 23.3 Å². The number of carboxylic acids is 1. The van der Waals surface area contributed by atoms with E-state index in [2.05, 4.69) is 5.10 Å². The van der Waals surface area contributed by atoms with Crippen LogP contribution in [0.25, 0.3) is 0 Å². The normalized spacial score (nSPS) is 15.3. The molecule has 1 heterocycles. The maximum absolute atomic E-state index is 11.0. The minimum absolute atomic E-state index is 0.302. The summed E-state index contributed by atoms with van der Waals surface area (Å²) in [6.07, 6.45) is 0.897. The van der Waals surface area contributed by atoms with Crippen LogP contribution >= 0.6 is 0 Å². The molecule has 1 aliphatic rings. The van der Waals surface area contributed by atoms with Crippen molar-refractivity contribution in [1.29, 1.82) is 0 Å². The van der Waals surface area contributed by atoms with Crippen molar-refractivity contribution in [3.8, 4) is 0 Å². The van der Waals surface area contributed by atoms with Gasteiger partial charge in [0.05, 0.1) is 11.3 Å². The Balaban J connectivity index is 2.40. The first-order valence-corrected chi connectivity index (χ1v) is 4.82. The van der Waals surface area contributed by atoms with Crippen molar-refractivity contribution in [3.63, 3.8) is 0 Å². The molecule has 15 heavy (non-hydrogen) atoms. The van der Waals surface area contributed by atoms with Crippen LogP contribution in [0.5, 0.6) is 0 Å². The van der Waals surface area contributed by atoms with Crippen molar-refractivity contribution in [2.24, 2.45) is 5.10 Å². The van der Waals surface area contributed by atoms with Gasteiger partial charge >= 0.3 is 5.97 Å². The quantitative estimate of drug-likeness (QED) is 0.801. The molecule has 0 bridgehead atoms. The van der Waals surface area contributed by atoms with E-state index in [1.54, 1.807) is 23.2 Å². The molecule has 1 N–H and O–H groups in total. The highest BCUT2D eigenvalue weighted by atomic mass is 16.4. The SMILES string of the molecule is CC1=NN(c2ccccc2C(=O)O)CC1. The number of nitrogens with zero attached hydrogens (tertiary/aromatic N) is 2. The summed E-state index contributed by atoms with van der Waals surface area (Å²) in [7, 11) is 0. The molecular formula is C11H12N2O2. The van der Waals surface area contributed by atoms with E-state index in [4.69, 9.17) is 5.11 Å². The Morgan fingerprint density at radius 1 is 1.47 bits per heavy atom. The molecular weight excluding hydrogens is 192 g/mol. The molecule has 1 aromatic carbocycles. The van der Waals surface area contributed by atoms with E-state index in [1.165, 1.54) is 0 Å². The largest absolute Gasteiger partial charge is 0.478 e. The van der Waals surface area contributed by atoms with Gasteiger partial charge < -0.3 is 5.11 Å². The molecule has 4 heteroatoms. The number of para-hydroxylation sites is 1. The van der Waals surface area contributed by atoms with E-state index in [1.807, 2.05) is 13.0 Å². The van der Waals surface area contributed by atoms with Crippen LogP contribution in [-0.2, 0) is 0 Å². The predicted octanol–water partition coefficient (Wildman–Crippen LogP) is 1.97.